The van der Waals surface area contributed by atoms with E-state index in [4.69, 9.17) is 0 Å². The van der Waals surface area contributed by atoms with E-state index in [2.05, 4.69) is 32.3 Å². The number of hydrogen-bond acceptors (Lipinski definition) is 4. The van der Waals surface area contributed by atoms with Crippen LogP contribution in [0.25, 0.3) is 0 Å². The van der Waals surface area contributed by atoms with Crippen LogP contribution in [-0.4, -0.2) is 33.9 Å². The highest BCUT2D eigenvalue weighted by atomic mass is 16.1. The first-order chi connectivity index (χ1) is 14.8. The summed E-state index contributed by atoms with van der Waals surface area (Å²) >= 11 is 0. The molecule has 5 heteroatoms. The first-order valence-corrected chi connectivity index (χ1v) is 10.6. The number of piperidine rings is 1. The average molecular weight is 401 g/mol. The van der Waals surface area contributed by atoms with Gasteiger partial charge in [-0.05, 0) is 60.7 Å². The molecule has 1 aromatic carbocycles. The molecule has 3 heterocycles. The highest BCUT2D eigenvalue weighted by Crippen LogP contribution is 2.29. The number of nitrogens with zero attached hydrogens (tertiary/aromatic N) is 3. The van der Waals surface area contributed by atoms with Gasteiger partial charge in [0.05, 0.1) is 18.2 Å². The van der Waals surface area contributed by atoms with E-state index in [1.54, 1.807) is 0 Å². The van der Waals surface area contributed by atoms with E-state index in [0.717, 1.165) is 43.7 Å². The van der Waals surface area contributed by atoms with Gasteiger partial charge in [-0.15, -0.1) is 0 Å². The van der Waals surface area contributed by atoms with Crippen LogP contribution in [0, 0.1) is 5.92 Å². The second-order valence-corrected chi connectivity index (χ2v) is 7.96. The van der Waals surface area contributed by atoms with Crippen LogP contribution in [0.15, 0.2) is 79.3 Å². The Morgan fingerprint density at radius 2 is 1.80 bits per heavy atom. The van der Waals surface area contributed by atoms with Crippen molar-refractivity contribution in [2.75, 3.05) is 13.1 Å². The first-order valence-electron chi connectivity index (χ1n) is 10.6. The van der Waals surface area contributed by atoms with E-state index < -0.39 is 0 Å². The van der Waals surface area contributed by atoms with Crippen molar-refractivity contribution in [3.63, 3.8) is 0 Å². The molecule has 1 aliphatic rings. The molecule has 1 aliphatic heterocycles. The fourth-order valence-electron chi connectivity index (χ4n) is 4.25. The maximum atomic E-state index is 12.9. The van der Waals surface area contributed by atoms with Gasteiger partial charge in [0, 0.05) is 31.7 Å². The Balaban J connectivity index is 1.47. The van der Waals surface area contributed by atoms with E-state index >= 15 is 0 Å². The van der Waals surface area contributed by atoms with E-state index in [1.807, 2.05) is 67.1 Å². The van der Waals surface area contributed by atoms with Gasteiger partial charge < -0.3 is 5.32 Å². The fraction of sp³-hybridized carbons (Fsp3) is 0.320. The second kappa shape index (κ2) is 10.1. The predicted molar refractivity (Wildman–Crippen MR) is 118 cm³/mol. The molecule has 0 saturated carbocycles. The molecule has 5 nitrogen and oxygen atoms in total. The monoisotopic (exact) mass is 400 g/mol. The molecule has 1 saturated heterocycles. The van der Waals surface area contributed by atoms with Crippen LogP contribution in [0.3, 0.4) is 0 Å². The van der Waals surface area contributed by atoms with Crippen LogP contribution < -0.4 is 5.32 Å². The van der Waals surface area contributed by atoms with Crippen LogP contribution in [0.4, 0.5) is 0 Å². The van der Waals surface area contributed by atoms with Gasteiger partial charge in [0.1, 0.15) is 0 Å². The van der Waals surface area contributed by atoms with Crippen LogP contribution in [0.1, 0.15) is 35.7 Å². The van der Waals surface area contributed by atoms with Crippen molar-refractivity contribution in [3.05, 3.63) is 96.1 Å². The van der Waals surface area contributed by atoms with Crippen molar-refractivity contribution in [2.45, 2.75) is 31.8 Å². The second-order valence-electron chi connectivity index (χ2n) is 7.96. The molecule has 2 aromatic heterocycles. The normalized spacial score (nSPS) is 17.9. The molecule has 30 heavy (non-hydrogen) atoms. The van der Waals surface area contributed by atoms with E-state index in [0.29, 0.717) is 12.3 Å². The first kappa shape index (κ1) is 20.2. The third-order valence-corrected chi connectivity index (χ3v) is 5.70. The minimum Gasteiger partial charge on any atom is -0.347 e. The number of pyridine rings is 2. The number of amides is 1. The molecular formula is C25H28N4O. The lowest BCUT2D eigenvalue weighted by molar-refractivity contribution is -0.121. The van der Waals surface area contributed by atoms with Crippen LogP contribution in [0.2, 0.25) is 0 Å². The third kappa shape index (κ3) is 5.51. The van der Waals surface area contributed by atoms with Crippen molar-refractivity contribution in [1.82, 2.24) is 20.2 Å². The van der Waals surface area contributed by atoms with Crippen molar-refractivity contribution >= 4 is 5.91 Å². The van der Waals surface area contributed by atoms with Crippen molar-refractivity contribution in [1.29, 1.82) is 0 Å². The summed E-state index contributed by atoms with van der Waals surface area (Å²) in [6.07, 6.45) is 8.09. The number of nitrogens with one attached hydrogen (secondary N) is 1. The molecule has 4 rings (SSSR count). The van der Waals surface area contributed by atoms with Gasteiger partial charge in [0.25, 0.3) is 0 Å². The van der Waals surface area contributed by atoms with Crippen LogP contribution in [-0.2, 0) is 17.8 Å². The summed E-state index contributed by atoms with van der Waals surface area (Å²) in [5.74, 6) is 0.373. The maximum Gasteiger partial charge on any atom is 0.224 e. The predicted octanol–water partition coefficient (Wildman–Crippen LogP) is 3.79. The summed E-state index contributed by atoms with van der Waals surface area (Å²) < 4.78 is 0. The number of rotatable bonds is 7. The summed E-state index contributed by atoms with van der Waals surface area (Å²) in [7, 11) is 0. The van der Waals surface area contributed by atoms with Crippen molar-refractivity contribution < 1.29 is 4.79 Å². The number of hydrogen-bond donors (Lipinski definition) is 1. The number of carbonyl (C=O) groups is 1. The molecule has 0 spiro atoms. The molecule has 1 amide bonds. The number of aromatic nitrogens is 2. The molecule has 2 unspecified atom stereocenters. The Bertz CT molecular complexity index is 918. The molecule has 154 valence electrons. The van der Waals surface area contributed by atoms with E-state index in [1.165, 1.54) is 5.56 Å². The summed E-state index contributed by atoms with van der Waals surface area (Å²) in [6, 6.07) is 19.9. The summed E-state index contributed by atoms with van der Waals surface area (Å²) in [4.78, 5) is 24.0. The highest BCUT2D eigenvalue weighted by molar-refractivity contribution is 5.79. The zero-order valence-electron chi connectivity index (χ0n) is 17.2. The third-order valence-electron chi connectivity index (χ3n) is 5.70. The van der Waals surface area contributed by atoms with Crippen LogP contribution >= 0.6 is 0 Å². The van der Waals surface area contributed by atoms with Gasteiger partial charge in [0.15, 0.2) is 0 Å². The van der Waals surface area contributed by atoms with E-state index in [-0.39, 0.29) is 11.9 Å². The maximum absolute atomic E-state index is 12.9. The Labute approximate surface area is 178 Å². The van der Waals surface area contributed by atoms with E-state index in [9.17, 15) is 4.79 Å². The number of benzene rings is 1. The molecular weight excluding hydrogens is 372 g/mol. The van der Waals surface area contributed by atoms with Crippen LogP contribution in [0.5, 0.6) is 0 Å². The number of likely N-dealkylation sites (tertiary alicyclic amines) is 1. The Morgan fingerprint density at radius 3 is 2.57 bits per heavy atom. The lowest BCUT2D eigenvalue weighted by atomic mass is 9.88. The molecule has 1 N–H and O–H groups in total. The van der Waals surface area contributed by atoms with Gasteiger partial charge in [0.2, 0.25) is 5.91 Å². The smallest absolute Gasteiger partial charge is 0.224 e. The summed E-state index contributed by atoms with van der Waals surface area (Å²) in [6.45, 7) is 2.92. The van der Waals surface area contributed by atoms with Gasteiger partial charge >= 0.3 is 0 Å². The zero-order chi connectivity index (χ0) is 20.6. The van der Waals surface area contributed by atoms with Crippen molar-refractivity contribution in [3.8, 4) is 0 Å². The highest BCUT2D eigenvalue weighted by Gasteiger charge is 2.30. The molecule has 0 aliphatic carbocycles. The lowest BCUT2D eigenvalue weighted by Gasteiger charge is -2.37. The molecule has 0 radical (unpaired) electrons. The lowest BCUT2D eigenvalue weighted by Crippen LogP contribution is -2.43. The molecule has 0 bridgehead atoms. The Kier molecular flexibility index (Phi) is 6.83. The minimum atomic E-state index is -0.0809. The van der Waals surface area contributed by atoms with Gasteiger partial charge in [-0.2, -0.15) is 0 Å². The van der Waals surface area contributed by atoms with Gasteiger partial charge in [-0.25, -0.2) is 0 Å². The summed E-state index contributed by atoms with van der Waals surface area (Å²) in [5.41, 5.74) is 3.24. The molecule has 3 aromatic rings. The standard InChI is InChI=1S/C25H28N4O/c30-24(17-20-7-2-1-3-8-20)28-25(23-10-4-5-13-27-23)22-9-6-16-29(19-22)18-21-11-14-26-15-12-21/h1-5,7-8,10-15,22,25H,6,9,16-19H2,(H,28,30). The molecule has 1 fully saturated rings. The van der Waals surface area contributed by atoms with Gasteiger partial charge in [-0.3, -0.25) is 19.7 Å². The molecule has 2 atom stereocenters. The topological polar surface area (TPSA) is 58.1 Å². The Hall–Kier alpha value is -3.05. The summed E-state index contributed by atoms with van der Waals surface area (Å²) in [5, 5.41) is 3.30. The van der Waals surface area contributed by atoms with Gasteiger partial charge in [-0.1, -0.05) is 36.4 Å². The Morgan fingerprint density at radius 1 is 1.00 bits per heavy atom. The SMILES string of the molecule is O=C(Cc1ccccc1)NC(c1ccccn1)C1CCCN(Cc2ccncc2)C1. The fourth-order valence-corrected chi connectivity index (χ4v) is 4.25. The average Bonchev–Trinajstić information content (AvgIpc) is 2.80. The van der Waals surface area contributed by atoms with Crippen molar-refractivity contribution in [2.24, 2.45) is 5.92 Å². The minimum absolute atomic E-state index is 0.0445. The largest absolute Gasteiger partial charge is 0.347 e. The number of carbonyl (C=O) groups excluding carboxylic acids is 1. The quantitative estimate of drug-likeness (QED) is 0.656. The zero-order valence-corrected chi connectivity index (χ0v) is 17.2.